The Labute approximate surface area is 167 Å². The molecule has 0 spiro atoms. The van der Waals surface area contributed by atoms with Gasteiger partial charge < -0.3 is 10.0 Å². The third-order valence-corrected chi connectivity index (χ3v) is 5.06. The predicted octanol–water partition coefficient (Wildman–Crippen LogP) is 5.33. The van der Waals surface area contributed by atoms with Crippen LogP contribution < -0.4 is 4.90 Å². The van der Waals surface area contributed by atoms with Crippen molar-refractivity contribution in [3.63, 3.8) is 0 Å². The van der Waals surface area contributed by atoms with Crippen molar-refractivity contribution in [1.82, 2.24) is 0 Å². The third kappa shape index (κ3) is 4.81. The van der Waals surface area contributed by atoms with Gasteiger partial charge in [-0.1, -0.05) is 47.8 Å². The zero-order valence-corrected chi connectivity index (χ0v) is 16.2. The number of benzene rings is 2. The summed E-state index contributed by atoms with van der Waals surface area (Å²) < 4.78 is 0. The van der Waals surface area contributed by atoms with Crippen LogP contribution >= 0.6 is 46.4 Å². The van der Waals surface area contributed by atoms with Crippen LogP contribution in [-0.2, 0) is 10.4 Å². The van der Waals surface area contributed by atoms with E-state index in [-0.39, 0.29) is 24.8 Å². The number of nitrogens with zero attached hydrogens (tertiary/aromatic N) is 1. The highest BCUT2D eigenvalue weighted by atomic mass is 35.5. The summed E-state index contributed by atoms with van der Waals surface area (Å²) in [4.78, 5) is 13.7. The first-order valence-electron chi connectivity index (χ1n) is 7.40. The standard InChI is InChI=1S/C18H16Cl4NO2/c1-2-18(25,12-3-8-15(21)16(22)9-12)11-23(17(24)10-19)14-6-4-13(20)5-7-14/h3-9,25H,1-2,10-11H2. The summed E-state index contributed by atoms with van der Waals surface area (Å²) in [6.45, 7) is 3.77. The number of alkyl halides is 1. The molecule has 3 nitrogen and oxygen atoms in total. The number of carbonyl (C=O) groups excluding carboxylic acids is 1. The molecule has 7 heteroatoms. The van der Waals surface area contributed by atoms with Gasteiger partial charge in [0, 0.05) is 10.7 Å². The van der Waals surface area contributed by atoms with Crippen molar-refractivity contribution < 1.29 is 9.90 Å². The monoisotopic (exact) mass is 418 g/mol. The third-order valence-electron chi connectivity index (χ3n) is 3.84. The lowest BCUT2D eigenvalue weighted by Crippen LogP contribution is -2.44. The molecule has 0 saturated heterocycles. The smallest absolute Gasteiger partial charge is 0.242 e. The van der Waals surface area contributed by atoms with Crippen LogP contribution in [0.25, 0.3) is 0 Å². The highest BCUT2D eigenvalue weighted by Gasteiger charge is 2.33. The zero-order valence-electron chi connectivity index (χ0n) is 13.2. The molecular weight excluding hydrogens is 404 g/mol. The van der Waals surface area contributed by atoms with E-state index >= 15 is 0 Å². The van der Waals surface area contributed by atoms with Crippen molar-refractivity contribution >= 4 is 58.0 Å². The number of anilines is 1. The van der Waals surface area contributed by atoms with Crippen LogP contribution in [0.3, 0.4) is 0 Å². The molecule has 1 atom stereocenters. The Morgan fingerprint density at radius 3 is 2.24 bits per heavy atom. The summed E-state index contributed by atoms with van der Waals surface area (Å²) in [6, 6.07) is 11.5. The lowest BCUT2D eigenvalue weighted by atomic mass is 9.90. The average molecular weight is 420 g/mol. The highest BCUT2D eigenvalue weighted by Crippen LogP contribution is 2.33. The van der Waals surface area contributed by atoms with Crippen LogP contribution in [0.1, 0.15) is 12.0 Å². The first-order chi connectivity index (χ1) is 11.8. The number of rotatable bonds is 6. The molecular formula is C18H16Cl4NO2. The number of hydrogen-bond acceptors (Lipinski definition) is 2. The Bertz CT molecular complexity index is 751. The minimum atomic E-state index is -1.42. The van der Waals surface area contributed by atoms with Gasteiger partial charge in [0.15, 0.2) is 0 Å². The number of halogens is 4. The topological polar surface area (TPSA) is 40.5 Å². The van der Waals surface area contributed by atoms with Gasteiger partial charge in [-0.25, -0.2) is 0 Å². The molecule has 0 heterocycles. The number of aliphatic hydroxyl groups is 1. The van der Waals surface area contributed by atoms with E-state index in [9.17, 15) is 9.90 Å². The lowest BCUT2D eigenvalue weighted by Gasteiger charge is -2.34. The molecule has 0 aliphatic heterocycles. The van der Waals surface area contributed by atoms with E-state index in [1.807, 2.05) is 0 Å². The van der Waals surface area contributed by atoms with Crippen LogP contribution in [0, 0.1) is 6.92 Å². The molecule has 0 aliphatic rings. The Kier molecular flexibility index (Phi) is 7.01. The molecule has 2 aromatic carbocycles. The van der Waals surface area contributed by atoms with Crippen LogP contribution in [0.15, 0.2) is 42.5 Å². The summed E-state index contributed by atoms with van der Waals surface area (Å²) in [5.41, 5.74) is -0.338. The molecule has 133 valence electrons. The Hall–Kier alpha value is -0.970. The molecule has 2 aromatic rings. The van der Waals surface area contributed by atoms with E-state index in [1.165, 1.54) is 4.90 Å². The van der Waals surface area contributed by atoms with E-state index in [0.29, 0.717) is 26.3 Å². The Balaban J connectivity index is 2.41. The van der Waals surface area contributed by atoms with Gasteiger partial charge in [0.1, 0.15) is 11.5 Å². The molecule has 0 aromatic heterocycles. The van der Waals surface area contributed by atoms with E-state index in [4.69, 9.17) is 46.4 Å². The molecule has 0 aliphatic carbocycles. The van der Waals surface area contributed by atoms with Gasteiger partial charge >= 0.3 is 0 Å². The fraction of sp³-hybridized carbons (Fsp3) is 0.222. The maximum absolute atomic E-state index is 12.3. The average Bonchev–Trinajstić information content (AvgIpc) is 2.62. The van der Waals surface area contributed by atoms with Gasteiger partial charge in [-0.2, -0.15) is 0 Å². The van der Waals surface area contributed by atoms with Gasteiger partial charge in [-0.05, 0) is 48.4 Å². The zero-order chi connectivity index (χ0) is 18.6. The van der Waals surface area contributed by atoms with Crippen molar-refractivity contribution in [2.45, 2.75) is 12.0 Å². The fourth-order valence-corrected chi connectivity index (χ4v) is 2.95. The van der Waals surface area contributed by atoms with Crippen LogP contribution in [0.4, 0.5) is 5.69 Å². The number of carbonyl (C=O) groups is 1. The molecule has 1 amide bonds. The van der Waals surface area contributed by atoms with Crippen molar-refractivity contribution in [3.8, 4) is 0 Å². The van der Waals surface area contributed by atoms with Crippen molar-refractivity contribution in [3.05, 3.63) is 70.0 Å². The maximum atomic E-state index is 12.3. The first kappa shape index (κ1) is 20.3. The molecule has 2 rings (SSSR count). The van der Waals surface area contributed by atoms with Crippen molar-refractivity contribution in [2.24, 2.45) is 0 Å². The number of hydrogen-bond donors (Lipinski definition) is 1. The van der Waals surface area contributed by atoms with Gasteiger partial charge in [0.25, 0.3) is 0 Å². The molecule has 0 bridgehead atoms. The molecule has 25 heavy (non-hydrogen) atoms. The minimum Gasteiger partial charge on any atom is -0.383 e. The lowest BCUT2D eigenvalue weighted by molar-refractivity contribution is -0.117. The van der Waals surface area contributed by atoms with Crippen LogP contribution in [0.5, 0.6) is 0 Å². The summed E-state index contributed by atoms with van der Waals surface area (Å²) in [5, 5.41) is 12.3. The second kappa shape index (κ2) is 8.61. The number of amides is 1. The van der Waals surface area contributed by atoms with E-state index < -0.39 is 5.60 Å². The second-order valence-electron chi connectivity index (χ2n) is 5.50. The van der Waals surface area contributed by atoms with E-state index in [2.05, 4.69) is 6.92 Å². The van der Waals surface area contributed by atoms with Gasteiger partial charge in [0.05, 0.1) is 16.6 Å². The minimum absolute atomic E-state index is 0.0400. The van der Waals surface area contributed by atoms with Gasteiger partial charge in [-0.3, -0.25) is 4.79 Å². The summed E-state index contributed by atoms with van der Waals surface area (Å²) in [7, 11) is 0. The first-order valence-corrected chi connectivity index (χ1v) is 9.06. The molecule has 1 radical (unpaired) electrons. The highest BCUT2D eigenvalue weighted by molar-refractivity contribution is 6.42. The summed E-state index contributed by atoms with van der Waals surface area (Å²) in [6.07, 6.45) is 0.116. The van der Waals surface area contributed by atoms with Crippen molar-refractivity contribution in [1.29, 1.82) is 0 Å². The second-order valence-corrected chi connectivity index (χ2v) is 7.02. The molecule has 0 saturated carbocycles. The van der Waals surface area contributed by atoms with Gasteiger partial charge in [-0.15, -0.1) is 11.6 Å². The molecule has 0 fully saturated rings. The van der Waals surface area contributed by atoms with E-state index in [1.54, 1.807) is 42.5 Å². The normalized spacial score (nSPS) is 13.4. The Morgan fingerprint density at radius 1 is 1.08 bits per heavy atom. The summed E-state index contributed by atoms with van der Waals surface area (Å²) >= 11 is 23.6. The quantitative estimate of drug-likeness (QED) is 0.642. The molecule has 1 N–H and O–H groups in total. The maximum Gasteiger partial charge on any atom is 0.242 e. The van der Waals surface area contributed by atoms with Crippen LogP contribution in [-0.4, -0.2) is 23.4 Å². The van der Waals surface area contributed by atoms with E-state index in [0.717, 1.165) is 0 Å². The fourth-order valence-electron chi connectivity index (χ4n) is 2.38. The van der Waals surface area contributed by atoms with Gasteiger partial charge in [0.2, 0.25) is 5.91 Å². The van der Waals surface area contributed by atoms with Crippen molar-refractivity contribution in [2.75, 3.05) is 17.3 Å². The summed E-state index contributed by atoms with van der Waals surface area (Å²) in [5.74, 6) is -0.576. The Morgan fingerprint density at radius 2 is 1.72 bits per heavy atom. The largest absolute Gasteiger partial charge is 0.383 e. The molecule has 1 unspecified atom stereocenters. The van der Waals surface area contributed by atoms with Crippen LogP contribution in [0.2, 0.25) is 15.1 Å². The predicted molar refractivity (Wildman–Crippen MR) is 105 cm³/mol. The SMILES string of the molecule is [CH2]CC(O)(CN(C(=O)CCl)c1ccc(Cl)cc1)c1ccc(Cl)c(Cl)c1.